The molecule has 0 fully saturated rings. The molecule has 204 valence electrons. The van der Waals surface area contributed by atoms with Gasteiger partial charge in [-0.05, 0) is 63.9 Å². The molecule has 3 aromatic heterocycles. The lowest BCUT2D eigenvalue weighted by Gasteiger charge is -2.27. The Hall–Kier alpha value is -3.76. The number of carbonyl (C=O) groups is 2. The zero-order valence-corrected chi connectivity index (χ0v) is 23.7. The molecule has 4 heterocycles. The summed E-state index contributed by atoms with van der Waals surface area (Å²) in [5.41, 5.74) is 3.63. The second-order valence-corrected chi connectivity index (χ2v) is 11.4. The van der Waals surface area contributed by atoms with E-state index in [0.717, 1.165) is 16.1 Å². The van der Waals surface area contributed by atoms with Gasteiger partial charge in [-0.25, -0.2) is 0 Å². The normalized spacial score (nSPS) is 16.0. The third-order valence-corrected chi connectivity index (χ3v) is 8.30. The van der Waals surface area contributed by atoms with Crippen molar-refractivity contribution in [1.29, 1.82) is 0 Å². The zero-order chi connectivity index (χ0) is 27.9. The molecule has 1 unspecified atom stereocenters. The molecule has 1 aliphatic rings. The standard InChI is InChI=1S/C29H33N5O4S/c1-6-34-22-8-7-19(14-23(22)32(5)27(36)29(3,4)28(34)37)15-31-21(25-16-30-17-39-25)9-11-33-12-10-24-20(26(33)35)13-18(2)38-24/h7-8,10,12-14,16-17,21,31H,6,9,11,15H2,1-5H3. The number of furan rings is 1. The number of hydrogen-bond donors (Lipinski definition) is 1. The van der Waals surface area contributed by atoms with Crippen molar-refractivity contribution in [3.8, 4) is 0 Å². The number of thiazole rings is 1. The summed E-state index contributed by atoms with van der Waals surface area (Å²) in [6, 6.07) is 9.46. The number of hydrogen-bond acceptors (Lipinski definition) is 7. The van der Waals surface area contributed by atoms with Gasteiger partial charge >= 0.3 is 0 Å². The SMILES string of the molecule is CCN1C(=O)C(C)(C)C(=O)N(C)c2cc(CNC(CCn3ccc4oc(C)cc4c3=O)c3cncs3)ccc21. The Labute approximate surface area is 231 Å². The van der Waals surface area contributed by atoms with Crippen LogP contribution < -0.4 is 20.7 Å². The number of aromatic nitrogens is 2. The Kier molecular flexibility index (Phi) is 7.17. The zero-order valence-electron chi connectivity index (χ0n) is 22.9. The summed E-state index contributed by atoms with van der Waals surface area (Å²) in [6.07, 6.45) is 4.31. The number of carbonyl (C=O) groups excluding carboxylic acids is 2. The molecule has 4 aromatic rings. The molecule has 1 aromatic carbocycles. The van der Waals surface area contributed by atoms with Gasteiger partial charge < -0.3 is 24.1 Å². The van der Waals surface area contributed by atoms with Crippen LogP contribution in [0.4, 0.5) is 11.4 Å². The first-order valence-electron chi connectivity index (χ1n) is 13.1. The molecule has 5 rings (SSSR count). The summed E-state index contributed by atoms with van der Waals surface area (Å²) in [5, 5.41) is 4.21. The number of nitrogens with zero attached hydrogens (tertiary/aromatic N) is 4. The van der Waals surface area contributed by atoms with Gasteiger partial charge in [0.05, 0.1) is 22.3 Å². The van der Waals surface area contributed by atoms with E-state index in [0.29, 0.717) is 48.5 Å². The fraction of sp³-hybridized carbons (Fsp3) is 0.379. The summed E-state index contributed by atoms with van der Waals surface area (Å²) in [6.45, 7) is 8.66. The lowest BCUT2D eigenvalue weighted by molar-refractivity contribution is -0.137. The molecule has 0 radical (unpaired) electrons. The quantitative estimate of drug-likeness (QED) is 0.323. The van der Waals surface area contributed by atoms with Gasteiger partial charge in [0, 0.05) is 50.0 Å². The summed E-state index contributed by atoms with van der Waals surface area (Å²) in [7, 11) is 1.72. The van der Waals surface area contributed by atoms with Gasteiger partial charge in [-0.3, -0.25) is 19.4 Å². The fourth-order valence-corrected chi connectivity index (χ4v) is 5.92. The average molecular weight is 548 g/mol. The first-order valence-corrected chi connectivity index (χ1v) is 13.9. The molecule has 1 aliphatic heterocycles. The Morgan fingerprint density at radius 1 is 1.10 bits per heavy atom. The molecule has 10 heteroatoms. The van der Waals surface area contributed by atoms with Gasteiger partial charge in [-0.15, -0.1) is 11.3 Å². The van der Waals surface area contributed by atoms with Gasteiger partial charge in [-0.2, -0.15) is 0 Å². The highest BCUT2D eigenvalue weighted by Crippen LogP contribution is 2.39. The van der Waals surface area contributed by atoms with Crippen LogP contribution in [0.5, 0.6) is 0 Å². The highest BCUT2D eigenvalue weighted by Gasteiger charge is 2.45. The number of pyridine rings is 1. The molecule has 0 bridgehead atoms. The molecule has 1 N–H and O–H groups in total. The minimum absolute atomic E-state index is 0.0306. The number of benzene rings is 1. The fourth-order valence-electron chi connectivity index (χ4n) is 5.19. The van der Waals surface area contributed by atoms with Crippen LogP contribution in [0.2, 0.25) is 0 Å². The largest absolute Gasteiger partial charge is 0.461 e. The van der Waals surface area contributed by atoms with Crippen molar-refractivity contribution in [2.75, 3.05) is 23.4 Å². The van der Waals surface area contributed by atoms with E-state index in [1.165, 1.54) is 0 Å². The maximum Gasteiger partial charge on any atom is 0.261 e. The number of fused-ring (bicyclic) bond motifs is 2. The highest BCUT2D eigenvalue weighted by atomic mass is 32.1. The van der Waals surface area contributed by atoms with Gasteiger partial charge in [0.15, 0.2) is 0 Å². The number of anilines is 2. The van der Waals surface area contributed by atoms with Crippen molar-refractivity contribution >= 4 is 45.5 Å². The maximum atomic E-state index is 13.2. The predicted octanol–water partition coefficient (Wildman–Crippen LogP) is 4.64. The van der Waals surface area contributed by atoms with Crippen molar-refractivity contribution in [3.63, 3.8) is 0 Å². The van der Waals surface area contributed by atoms with Gasteiger partial charge in [0.2, 0.25) is 11.8 Å². The average Bonchev–Trinajstić information content (AvgIpc) is 3.58. The monoisotopic (exact) mass is 547 g/mol. The number of rotatable bonds is 8. The van der Waals surface area contributed by atoms with Crippen LogP contribution in [0.15, 0.2) is 57.4 Å². The van der Waals surface area contributed by atoms with Gasteiger partial charge in [0.1, 0.15) is 16.8 Å². The highest BCUT2D eigenvalue weighted by molar-refractivity contribution is 7.09. The van der Waals surface area contributed by atoms with E-state index in [2.05, 4.69) is 10.3 Å². The third kappa shape index (κ3) is 4.90. The minimum atomic E-state index is -1.14. The second-order valence-electron chi connectivity index (χ2n) is 10.4. The van der Waals surface area contributed by atoms with Crippen LogP contribution in [-0.4, -0.2) is 35.0 Å². The molecular formula is C29H33N5O4S. The van der Waals surface area contributed by atoms with Crippen molar-refractivity contribution in [1.82, 2.24) is 14.9 Å². The number of nitrogens with one attached hydrogen (secondary N) is 1. The molecule has 1 atom stereocenters. The van der Waals surface area contributed by atoms with Crippen molar-refractivity contribution < 1.29 is 14.0 Å². The number of amides is 2. The van der Waals surface area contributed by atoms with Crippen LogP contribution >= 0.6 is 11.3 Å². The molecule has 0 aliphatic carbocycles. The molecule has 39 heavy (non-hydrogen) atoms. The van der Waals surface area contributed by atoms with E-state index < -0.39 is 5.41 Å². The summed E-state index contributed by atoms with van der Waals surface area (Å²) < 4.78 is 7.31. The predicted molar refractivity (Wildman–Crippen MR) is 153 cm³/mol. The van der Waals surface area contributed by atoms with Crippen LogP contribution in [0.25, 0.3) is 11.0 Å². The summed E-state index contributed by atoms with van der Waals surface area (Å²) in [4.78, 5) is 47.9. The minimum Gasteiger partial charge on any atom is -0.461 e. The molecule has 0 spiro atoms. The maximum absolute atomic E-state index is 13.2. The van der Waals surface area contributed by atoms with Gasteiger partial charge in [0.25, 0.3) is 5.56 Å². The van der Waals surface area contributed by atoms with E-state index >= 15 is 0 Å². The van der Waals surface area contributed by atoms with E-state index in [1.54, 1.807) is 64.4 Å². The van der Waals surface area contributed by atoms with Gasteiger partial charge in [-0.1, -0.05) is 6.07 Å². The first kappa shape index (κ1) is 26.8. The Morgan fingerprint density at radius 3 is 2.62 bits per heavy atom. The Balaban J connectivity index is 1.37. The van der Waals surface area contributed by atoms with E-state index in [4.69, 9.17) is 4.42 Å². The third-order valence-electron chi connectivity index (χ3n) is 7.41. The number of aryl methyl sites for hydroxylation is 2. The summed E-state index contributed by atoms with van der Waals surface area (Å²) >= 11 is 1.57. The van der Waals surface area contributed by atoms with E-state index in [1.807, 2.05) is 44.3 Å². The lowest BCUT2D eigenvalue weighted by atomic mass is 9.90. The van der Waals surface area contributed by atoms with Crippen molar-refractivity contribution in [3.05, 3.63) is 74.8 Å². The Morgan fingerprint density at radius 2 is 1.90 bits per heavy atom. The molecular weight excluding hydrogens is 514 g/mol. The molecule has 9 nitrogen and oxygen atoms in total. The van der Waals surface area contributed by atoms with E-state index in [9.17, 15) is 14.4 Å². The lowest BCUT2D eigenvalue weighted by Crippen LogP contribution is -2.47. The smallest absolute Gasteiger partial charge is 0.261 e. The van der Waals surface area contributed by atoms with Crippen LogP contribution in [0, 0.1) is 12.3 Å². The van der Waals surface area contributed by atoms with Crippen molar-refractivity contribution in [2.24, 2.45) is 5.41 Å². The summed E-state index contributed by atoms with van der Waals surface area (Å²) in [5.74, 6) is 0.287. The molecule has 0 saturated heterocycles. The van der Waals surface area contributed by atoms with Crippen LogP contribution in [0.1, 0.15) is 49.4 Å². The van der Waals surface area contributed by atoms with E-state index in [-0.39, 0.29) is 23.4 Å². The van der Waals surface area contributed by atoms with Crippen molar-refractivity contribution in [2.45, 2.75) is 53.2 Å². The topological polar surface area (TPSA) is 101 Å². The molecule has 2 amide bonds. The first-order chi connectivity index (χ1) is 18.6. The van der Waals surface area contributed by atoms with Crippen LogP contribution in [-0.2, 0) is 22.7 Å². The van der Waals surface area contributed by atoms with Crippen LogP contribution in [0.3, 0.4) is 0 Å². The Bertz CT molecular complexity index is 1590. The second kappa shape index (κ2) is 10.4. The molecule has 0 saturated carbocycles.